The van der Waals surface area contributed by atoms with Crippen molar-refractivity contribution in [3.63, 3.8) is 0 Å². The fourth-order valence-corrected chi connectivity index (χ4v) is 3.16. The van der Waals surface area contributed by atoms with Gasteiger partial charge in [-0.25, -0.2) is 22.3 Å². The zero-order chi connectivity index (χ0) is 22.1. The third-order valence-corrected chi connectivity index (χ3v) is 4.90. The zero-order valence-electron chi connectivity index (χ0n) is 15.1. The van der Waals surface area contributed by atoms with Crippen LogP contribution in [0.5, 0.6) is 5.75 Å². The quantitative estimate of drug-likeness (QED) is 0.615. The fourth-order valence-electron chi connectivity index (χ4n) is 2.49. The predicted octanol–water partition coefficient (Wildman–Crippen LogP) is 4.04. The average Bonchev–Trinajstić information content (AvgIpc) is 3.05. The summed E-state index contributed by atoms with van der Waals surface area (Å²) in [4.78, 5) is 12.0. The van der Waals surface area contributed by atoms with E-state index in [1.807, 2.05) is 0 Å². The molecule has 0 radical (unpaired) electrons. The third-order valence-electron chi connectivity index (χ3n) is 3.79. The first-order valence-corrected chi connectivity index (χ1v) is 10.0. The molecule has 1 aromatic heterocycles. The summed E-state index contributed by atoms with van der Waals surface area (Å²) in [5, 5.41) is 5.74. The van der Waals surface area contributed by atoms with Gasteiger partial charge in [-0.2, -0.15) is 18.3 Å². The average molecular weight is 443 g/mol. The second-order valence-corrected chi connectivity index (χ2v) is 8.07. The number of hydrogen-bond acceptors (Lipinski definition) is 5. The summed E-state index contributed by atoms with van der Waals surface area (Å²) in [5.74, 6) is -1.53. The van der Waals surface area contributed by atoms with Crippen LogP contribution in [0.2, 0.25) is 0 Å². The lowest BCUT2D eigenvalue weighted by molar-refractivity contribution is -0.143. The number of rotatable bonds is 4. The van der Waals surface area contributed by atoms with E-state index in [0.29, 0.717) is 10.9 Å². The van der Waals surface area contributed by atoms with Crippen LogP contribution in [0, 0.1) is 5.82 Å². The number of ether oxygens (including phenoxy) is 1. The second-order valence-electron chi connectivity index (χ2n) is 6.06. The molecule has 1 amide bonds. The maximum atomic E-state index is 13.6. The summed E-state index contributed by atoms with van der Waals surface area (Å²) >= 11 is 0. The third kappa shape index (κ3) is 4.76. The van der Waals surface area contributed by atoms with Crippen LogP contribution in [0.1, 0.15) is 5.69 Å². The summed E-state index contributed by atoms with van der Waals surface area (Å²) in [6.45, 7) is 0. The number of amides is 1. The Hall–Kier alpha value is -3.41. The number of sulfone groups is 1. The lowest BCUT2D eigenvalue weighted by Crippen LogP contribution is -2.20. The standard InChI is InChI=1S/C18H13F4N3O4S/c1-30(27,28)14-4-2-3-12(9-14)24-17(26)29-15-10-23-25(16(15)18(20,21)22)13-7-5-11(19)6-8-13/h2-10H,1H3,(H,24,26). The van der Waals surface area contributed by atoms with Crippen LogP contribution in [-0.4, -0.2) is 30.5 Å². The highest BCUT2D eigenvalue weighted by molar-refractivity contribution is 7.90. The van der Waals surface area contributed by atoms with E-state index < -0.39 is 39.4 Å². The van der Waals surface area contributed by atoms with Gasteiger partial charge in [0.1, 0.15) is 5.82 Å². The highest BCUT2D eigenvalue weighted by atomic mass is 32.2. The number of hydrogen-bond donors (Lipinski definition) is 1. The molecule has 0 aliphatic heterocycles. The first-order chi connectivity index (χ1) is 13.9. The minimum Gasteiger partial charge on any atom is -0.406 e. The number of halogens is 4. The number of anilines is 1. The van der Waals surface area contributed by atoms with Gasteiger partial charge in [0.25, 0.3) is 0 Å². The maximum absolute atomic E-state index is 13.6. The lowest BCUT2D eigenvalue weighted by Gasteiger charge is -2.13. The van der Waals surface area contributed by atoms with Gasteiger partial charge in [0, 0.05) is 11.9 Å². The Labute approximate surface area is 167 Å². The Morgan fingerprint density at radius 1 is 1.13 bits per heavy atom. The molecule has 3 aromatic rings. The van der Waals surface area contributed by atoms with Gasteiger partial charge < -0.3 is 4.74 Å². The van der Waals surface area contributed by atoms with E-state index in [9.17, 15) is 30.8 Å². The molecule has 12 heteroatoms. The molecular weight excluding hydrogens is 430 g/mol. The van der Waals surface area contributed by atoms with Crippen LogP contribution in [0.3, 0.4) is 0 Å². The van der Waals surface area contributed by atoms with Crippen molar-refractivity contribution in [2.45, 2.75) is 11.1 Å². The molecular formula is C18H13F4N3O4S. The number of nitrogens with zero attached hydrogens (tertiary/aromatic N) is 2. The molecule has 0 unspecified atom stereocenters. The van der Waals surface area contributed by atoms with E-state index in [-0.39, 0.29) is 16.3 Å². The van der Waals surface area contributed by atoms with Crippen molar-refractivity contribution in [3.05, 3.63) is 66.2 Å². The Morgan fingerprint density at radius 2 is 1.80 bits per heavy atom. The molecule has 30 heavy (non-hydrogen) atoms. The van der Waals surface area contributed by atoms with Crippen LogP contribution in [0.15, 0.2) is 59.6 Å². The van der Waals surface area contributed by atoms with Crippen molar-refractivity contribution >= 4 is 21.6 Å². The monoisotopic (exact) mass is 443 g/mol. The minimum absolute atomic E-state index is 0.00223. The summed E-state index contributed by atoms with van der Waals surface area (Å²) in [6.07, 6.45) is -4.58. The molecule has 3 rings (SSSR count). The molecule has 0 aliphatic rings. The zero-order valence-corrected chi connectivity index (χ0v) is 16.0. The van der Waals surface area contributed by atoms with Gasteiger partial charge in [0.15, 0.2) is 21.3 Å². The van der Waals surface area contributed by atoms with E-state index in [0.717, 1.165) is 36.6 Å². The van der Waals surface area contributed by atoms with E-state index >= 15 is 0 Å². The minimum atomic E-state index is -4.95. The number of aromatic nitrogens is 2. The van der Waals surface area contributed by atoms with Gasteiger partial charge in [-0.3, -0.25) is 5.32 Å². The summed E-state index contributed by atoms with van der Waals surface area (Å²) in [5.41, 5.74) is -1.48. The first-order valence-electron chi connectivity index (χ1n) is 8.15. The van der Waals surface area contributed by atoms with Gasteiger partial charge in [-0.05, 0) is 42.5 Å². The first kappa shape index (κ1) is 21.3. The van der Waals surface area contributed by atoms with Crippen LogP contribution >= 0.6 is 0 Å². The number of carbonyl (C=O) groups excluding carboxylic acids is 1. The number of carbonyl (C=O) groups is 1. The smallest absolute Gasteiger partial charge is 0.406 e. The van der Waals surface area contributed by atoms with E-state index in [4.69, 9.17) is 4.74 Å². The Bertz CT molecular complexity index is 1190. The molecule has 0 fully saturated rings. The van der Waals surface area contributed by atoms with E-state index in [1.165, 1.54) is 18.2 Å². The summed E-state index contributed by atoms with van der Waals surface area (Å²) in [6, 6.07) is 9.18. The molecule has 0 bridgehead atoms. The van der Waals surface area contributed by atoms with Crippen molar-refractivity contribution in [2.75, 3.05) is 11.6 Å². The molecule has 1 heterocycles. The highest BCUT2D eigenvalue weighted by Gasteiger charge is 2.40. The second kappa shape index (κ2) is 7.78. The molecule has 7 nitrogen and oxygen atoms in total. The van der Waals surface area contributed by atoms with Crippen molar-refractivity contribution in [3.8, 4) is 11.4 Å². The van der Waals surface area contributed by atoms with Gasteiger partial charge in [-0.15, -0.1) is 0 Å². The SMILES string of the molecule is CS(=O)(=O)c1cccc(NC(=O)Oc2cnn(-c3ccc(F)cc3)c2C(F)(F)F)c1. The summed E-state index contributed by atoms with van der Waals surface area (Å²) in [7, 11) is -3.56. The van der Waals surface area contributed by atoms with Crippen molar-refractivity contribution in [1.82, 2.24) is 9.78 Å². The van der Waals surface area contributed by atoms with E-state index in [2.05, 4.69) is 10.4 Å². The predicted molar refractivity (Wildman–Crippen MR) is 97.7 cm³/mol. The largest absolute Gasteiger partial charge is 0.437 e. The Morgan fingerprint density at radius 3 is 2.40 bits per heavy atom. The van der Waals surface area contributed by atoms with Crippen LogP contribution in [0.25, 0.3) is 5.69 Å². The molecule has 0 saturated carbocycles. The molecule has 0 atom stereocenters. The van der Waals surface area contributed by atoms with Crippen molar-refractivity contribution < 1.29 is 35.5 Å². The Balaban J connectivity index is 1.88. The van der Waals surface area contributed by atoms with Gasteiger partial charge in [0.05, 0.1) is 16.8 Å². The lowest BCUT2D eigenvalue weighted by atomic mass is 10.3. The Kier molecular flexibility index (Phi) is 5.53. The molecule has 0 aliphatic carbocycles. The normalized spacial score (nSPS) is 11.9. The molecule has 1 N–H and O–H groups in total. The molecule has 0 spiro atoms. The number of benzene rings is 2. The van der Waals surface area contributed by atoms with E-state index in [1.54, 1.807) is 0 Å². The van der Waals surface area contributed by atoms with Gasteiger partial charge >= 0.3 is 12.3 Å². The fraction of sp³-hybridized carbons (Fsp3) is 0.111. The maximum Gasteiger partial charge on any atom is 0.437 e. The van der Waals surface area contributed by atoms with Crippen LogP contribution in [0.4, 0.5) is 28.0 Å². The van der Waals surface area contributed by atoms with Crippen molar-refractivity contribution in [1.29, 1.82) is 0 Å². The summed E-state index contributed by atoms with van der Waals surface area (Å²) < 4.78 is 82.1. The van der Waals surface area contributed by atoms with Gasteiger partial charge in [0.2, 0.25) is 0 Å². The number of alkyl halides is 3. The topological polar surface area (TPSA) is 90.3 Å². The van der Waals surface area contributed by atoms with Crippen molar-refractivity contribution in [2.24, 2.45) is 0 Å². The van der Waals surface area contributed by atoms with Crippen LogP contribution in [-0.2, 0) is 16.0 Å². The number of nitrogens with one attached hydrogen (secondary N) is 1. The highest BCUT2D eigenvalue weighted by Crippen LogP contribution is 2.37. The molecule has 0 saturated heterocycles. The van der Waals surface area contributed by atoms with Gasteiger partial charge in [-0.1, -0.05) is 6.07 Å². The molecule has 2 aromatic carbocycles. The van der Waals surface area contributed by atoms with Crippen LogP contribution < -0.4 is 10.1 Å². The molecule has 158 valence electrons.